The van der Waals surface area contributed by atoms with E-state index < -0.39 is 12.0 Å². The normalized spacial score (nSPS) is 21.2. The van der Waals surface area contributed by atoms with Crippen LogP contribution in [0.3, 0.4) is 0 Å². The number of aryl methyl sites for hydroxylation is 1. The number of amides is 3. The Bertz CT molecular complexity index is 1130. The molecule has 0 unspecified atom stereocenters. The maximum atomic E-state index is 13.2. The smallest absolute Gasteiger partial charge is 0.338 e. The van der Waals surface area contributed by atoms with Crippen LogP contribution >= 0.6 is 0 Å². The highest BCUT2D eigenvalue weighted by Crippen LogP contribution is 2.33. The zero-order chi connectivity index (χ0) is 25.1. The number of urea groups is 1. The fourth-order valence-corrected chi connectivity index (χ4v) is 4.77. The zero-order valence-electron chi connectivity index (χ0n) is 20.6. The molecule has 186 valence electrons. The standard InChI is InChI=1S/C26H32N4O5/c1-5-34-25(32)22-20(28(4)26(33)27-23(22)19-10-7-6-9-17(19)2)16-29-12-13-30(18(3)15-29)24(31)21-11-8-14-35-21/h6-11,14,18,23H,5,12-13,15-16H2,1-4H3,(H,27,33)/t18-,23-/m0/s1. The first-order chi connectivity index (χ1) is 16.8. The number of hydrogen-bond donors (Lipinski definition) is 1. The van der Waals surface area contributed by atoms with Gasteiger partial charge in [-0.15, -0.1) is 0 Å². The molecule has 2 aromatic rings. The Labute approximate surface area is 205 Å². The summed E-state index contributed by atoms with van der Waals surface area (Å²) in [6.45, 7) is 8.03. The summed E-state index contributed by atoms with van der Waals surface area (Å²) in [6, 6.07) is 10.1. The minimum absolute atomic E-state index is 0.0668. The van der Waals surface area contributed by atoms with Gasteiger partial charge >= 0.3 is 12.0 Å². The second kappa shape index (κ2) is 10.4. The van der Waals surface area contributed by atoms with E-state index in [1.54, 1.807) is 31.0 Å². The van der Waals surface area contributed by atoms with Crippen LogP contribution in [0.5, 0.6) is 0 Å². The van der Waals surface area contributed by atoms with Gasteiger partial charge in [0.15, 0.2) is 5.76 Å². The highest BCUT2D eigenvalue weighted by atomic mass is 16.5. The number of likely N-dealkylation sites (N-methyl/N-ethyl adjacent to an activating group) is 1. The van der Waals surface area contributed by atoms with Gasteiger partial charge in [0.05, 0.1) is 24.5 Å². The molecule has 2 aliphatic rings. The molecule has 1 aromatic heterocycles. The fourth-order valence-electron chi connectivity index (χ4n) is 4.77. The van der Waals surface area contributed by atoms with Gasteiger partial charge in [-0.1, -0.05) is 24.3 Å². The van der Waals surface area contributed by atoms with Crippen molar-refractivity contribution in [2.24, 2.45) is 0 Å². The van der Waals surface area contributed by atoms with Crippen molar-refractivity contribution in [2.45, 2.75) is 32.9 Å². The van der Waals surface area contributed by atoms with E-state index in [9.17, 15) is 14.4 Å². The Morgan fingerprint density at radius 1 is 1.17 bits per heavy atom. The number of furan rings is 1. The Morgan fingerprint density at radius 3 is 2.60 bits per heavy atom. The number of carbonyl (C=O) groups is 3. The van der Waals surface area contributed by atoms with Crippen molar-refractivity contribution in [2.75, 3.05) is 39.8 Å². The molecule has 9 nitrogen and oxygen atoms in total. The van der Waals surface area contributed by atoms with Crippen molar-refractivity contribution in [3.8, 4) is 0 Å². The molecule has 3 amide bonds. The molecule has 0 saturated carbocycles. The molecule has 1 N–H and O–H groups in total. The molecule has 0 radical (unpaired) electrons. The average Bonchev–Trinajstić information content (AvgIpc) is 3.37. The van der Waals surface area contributed by atoms with Gasteiger partial charge < -0.3 is 19.4 Å². The van der Waals surface area contributed by atoms with Crippen molar-refractivity contribution in [3.05, 3.63) is 70.8 Å². The molecule has 0 bridgehead atoms. The van der Waals surface area contributed by atoms with Gasteiger partial charge in [-0.25, -0.2) is 9.59 Å². The maximum Gasteiger partial charge on any atom is 0.338 e. The van der Waals surface area contributed by atoms with Gasteiger partial charge in [-0.05, 0) is 44.0 Å². The number of nitrogens with one attached hydrogen (secondary N) is 1. The lowest BCUT2D eigenvalue weighted by Gasteiger charge is -2.42. The molecule has 2 atom stereocenters. The zero-order valence-corrected chi connectivity index (χ0v) is 20.6. The largest absolute Gasteiger partial charge is 0.463 e. The fraction of sp³-hybridized carbons (Fsp3) is 0.423. The highest BCUT2D eigenvalue weighted by molar-refractivity contribution is 5.95. The minimum atomic E-state index is -0.604. The van der Waals surface area contributed by atoms with Crippen LogP contribution in [0.1, 0.15) is 41.6 Å². The Morgan fingerprint density at radius 2 is 1.94 bits per heavy atom. The molecule has 4 rings (SSSR count). The number of rotatable bonds is 6. The van der Waals surface area contributed by atoms with E-state index in [4.69, 9.17) is 9.15 Å². The SMILES string of the molecule is CCOC(=O)C1=C(CN2CCN(C(=O)c3ccco3)[C@@H](C)C2)N(C)C(=O)N[C@H]1c1ccccc1C. The summed E-state index contributed by atoms with van der Waals surface area (Å²) in [7, 11) is 1.66. The molecule has 35 heavy (non-hydrogen) atoms. The van der Waals surface area contributed by atoms with Gasteiger partial charge in [0.1, 0.15) is 0 Å². The number of carbonyl (C=O) groups excluding carboxylic acids is 3. The molecule has 2 aliphatic heterocycles. The number of benzene rings is 1. The lowest BCUT2D eigenvalue weighted by atomic mass is 9.91. The monoisotopic (exact) mass is 480 g/mol. The third-order valence-corrected chi connectivity index (χ3v) is 6.65. The third kappa shape index (κ3) is 4.95. The van der Waals surface area contributed by atoms with Crippen molar-refractivity contribution in [1.82, 2.24) is 20.0 Å². The van der Waals surface area contributed by atoms with Crippen LogP contribution in [0.25, 0.3) is 0 Å². The molecule has 3 heterocycles. The molecule has 0 spiro atoms. The van der Waals surface area contributed by atoms with E-state index in [-0.39, 0.29) is 24.6 Å². The van der Waals surface area contributed by atoms with E-state index >= 15 is 0 Å². The quantitative estimate of drug-likeness (QED) is 0.639. The first-order valence-corrected chi connectivity index (χ1v) is 11.9. The van der Waals surface area contributed by atoms with Crippen LogP contribution in [0.15, 0.2) is 58.3 Å². The Kier molecular flexibility index (Phi) is 7.25. The van der Waals surface area contributed by atoms with Crippen molar-refractivity contribution in [1.29, 1.82) is 0 Å². The molecular weight excluding hydrogens is 448 g/mol. The molecule has 9 heteroatoms. The lowest BCUT2D eigenvalue weighted by molar-refractivity contribution is -0.139. The number of nitrogens with zero attached hydrogens (tertiary/aromatic N) is 3. The molecule has 1 aromatic carbocycles. The topological polar surface area (TPSA) is 95.3 Å². The van der Waals surface area contributed by atoms with Crippen LogP contribution < -0.4 is 5.32 Å². The van der Waals surface area contributed by atoms with Gasteiger partial charge in [0.2, 0.25) is 0 Å². The predicted octanol–water partition coefficient (Wildman–Crippen LogP) is 2.95. The number of hydrogen-bond acceptors (Lipinski definition) is 6. The van der Waals surface area contributed by atoms with Gasteiger partial charge in [-0.3, -0.25) is 14.6 Å². The Hall–Kier alpha value is -3.59. The van der Waals surface area contributed by atoms with Crippen LogP contribution in [-0.2, 0) is 9.53 Å². The van der Waals surface area contributed by atoms with E-state index in [0.29, 0.717) is 43.2 Å². The van der Waals surface area contributed by atoms with Gasteiger partial charge in [-0.2, -0.15) is 0 Å². The summed E-state index contributed by atoms with van der Waals surface area (Å²) in [5.74, 6) is -0.257. The summed E-state index contributed by atoms with van der Waals surface area (Å²) in [5, 5.41) is 2.97. The molecular formula is C26H32N4O5. The van der Waals surface area contributed by atoms with Crippen LogP contribution in [0.2, 0.25) is 0 Å². The van der Waals surface area contributed by atoms with Crippen molar-refractivity contribution < 1.29 is 23.5 Å². The first kappa shape index (κ1) is 24.5. The van der Waals surface area contributed by atoms with Crippen LogP contribution in [0.4, 0.5) is 4.79 Å². The van der Waals surface area contributed by atoms with E-state index in [1.807, 2.05) is 38.1 Å². The summed E-state index contributed by atoms with van der Waals surface area (Å²) in [6.07, 6.45) is 1.49. The van der Waals surface area contributed by atoms with Gasteiger partial charge in [0.25, 0.3) is 5.91 Å². The van der Waals surface area contributed by atoms with Crippen LogP contribution in [0, 0.1) is 6.92 Å². The summed E-state index contributed by atoms with van der Waals surface area (Å²) in [4.78, 5) is 44.4. The second-order valence-corrected chi connectivity index (χ2v) is 8.94. The maximum absolute atomic E-state index is 13.2. The van der Waals surface area contributed by atoms with Gasteiger partial charge in [0, 0.05) is 45.0 Å². The number of ether oxygens (including phenoxy) is 1. The van der Waals surface area contributed by atoms with Crippen molar-refractivity contribution >= 4 is 17.9 Å². The summed E-state index contributed by atoms with van der Waals surface area (Å²) >= 11 is 0. The van der Waals surface area contributed by atoms with E-state index in [2.05, 4.69) is 10.2 Å². The minimum Gasteiger partial charge on any atom is -0.463 e. The predicted molar refractivity (Wildman–Crippen MR) is 130 cm³/mol. The number of esters is 1. The van der Waals surface area contributed by atoms with E-state index in [0.717, 1.165) is 11.1 Å². The van der Waals surface area contributed by atoms with E-state index in [1.165, 1.54) is 11.2 Å². The van der Waals surface area contributed by atoms with Crippen LogP contribution in [-0.4, -0.2) is 78.5 Å². The summed E-state index contributed by atoms with van der Waals surface area (Å²) in [5.41, 5.74) is 2.88. The first-order valence-electron chi connectivity index (χ1n) is 11.9. The molecule has 1 saturated heterocycles. The molecule has 0 aliphatic carbocycles. The molecule has 1 fully saturated rings. The summed E-state index contributed by atoms with van der Waals surface area (Å²) < 4.78 is 10.7. The number of piperazine rings is 1. The Balaban J connectivity index is 1.62. The third-order valence-electron chi connectivity index (χ3n) is 6.65. The second-order valence-electron chi connectivity index (χ2n) is 8.94. The highest BCUT2D eigenvalue weighted by Gasteiger charge is 2.39. The average molecular weight is 481 g/mol. The lowest BCUT2D eigenvalue weighted by Crippen LogP contribution is -2.56. The van der Waals surface area contributed by atoms with Crippen molar-refractivity contribution in [3.63, 3.8) is 0 Å².